The summed E-state index contributed by atoms with van der Waals surface area (Å²) in [4.78, 5) is 12.5. The second-order valence-electron chi connectivity index (χ2n) is 3.41. The second kappa shape index (κ2) is 4.11. The molecule has 14 heavy (non-hydrogen) atoms. The van der Waals surface area contributed by atoms with Gasteiger partial charge in [0.2, 0.25) is 0 Å². The summed E-state index contributed by atoms with van der Waals surface area (Å²) in [5, 5.41) is 5.39. The average molecular weight is 211 g/mol. The first kappa shape index (κ1) is 9.68. The Morgan fingerprint density at radius 3 is 3.43 bits per heavy atom. The van der Waals surface area contributed by atoms with E-state index in [0.29, 0.717) is 6.42 Å². The molecule has 0 aliphatic carbocycles. The number of carbonyl (C=O) groups excluding carboxylic acids is 1. The van der Waals surface area contributed by atoms with E-state index in [1.54, 1.807) is 11.3 Å². The highest BCUT2D eigenvalue weighted by atomic mass is 32.1. The van der Waals surface area contributed by atoms with Gasteiger partial charge >= 0.3 is 5.97 Å². The molecule has 3 nitrogen and oxygen atoms in total. The van der Waals surface area contributed by atoms with Gasteiger partial charge in [0.05, 0.1) is 13.5 Å². The topological polar surface area (TPSA) is 38.3 Å². The van der Waals surface area contributed by atoms with E-state index in [-0.39, 0.29) is 11.9 Å². The number of methoxy groups -OCH3 is 1. The van der Waals surface area contributed by atoms with Crippen molar-refractivity contribution in [1.29, 1.82) is 0 Å². The van der Waals surface area contributed by atoms with Gasteiger partial charge in [0.25, 0.3) is 0 Å². The Labute approximate surface area is 87.1 Å². The molecular weight excluding hydrogens is 198 g/mol. The van der Waals surface area contributed by atoms with Crippen molar-refractivity contribution in [3.05, 3.63) is 21.9 Å². The highest BCUT2D eigenvalue weighted by Gasteiger charge is 2.23. The quantitative estimate of drug-likeness (QED) is 0.753. The first-order valence-corrected chi connectivity index (χ1v) is 5.53. The Balaban J connectivity index is 2.12. The van der Waals surface area contributed by atoms with Crippen LogP contribution < -0.4 is 5.32 Å². The lowest BCUT2D eigenvalue weighted by Crippen LogP contribution is -2.28. The van der Waals surface area contributed by atoms with Crippen LogP contribution >= 0.6 is 11.3 Å². The molecule has 76 valence electrons. The fourth-order valence-corrected chi connectivity index (χ4v) is 2.73. The standard InChI is InChI=1S/C10H13NO2S/c1-13-10(12)4-7-5-11-6-9-8(7)2-3-14-9/h2-3,7,11H,4-6H2,1H3. The molecule has 0 saturated heterocycles. The molecule has 0 bridgehead atoms. The van der Waals surface area contributed by atoms with Gasteiger partial charge in [-0.3, -0.25) is 4.79 Å². The summed E-state index contributed by atoms with van der Waals surface area (Å²) in [6, 6.07) is 2.12. The fraction of sp³-hybridized carbons (Fsp3) is 0.500. The highest BCUT2D eigenvalue weighted by Crippen LogP contribution is 2.30. The zero-order chi connectivity index (χ0) is 9.97. The van der Waals surface area contributed by atoms with Crippen LogP contribution in [0, 0.1) is 0 Å². The summed E-state index contributed by atoms with van der Waals surface area (Å²) >= 11 is 1.75. The Morgan fingerprint density at radius 2 is 2.64 bits per heavy atom. The molecule has 1 aliphatic rings. The van der Waals surface area contributed by atoms with E-state index in [4.69, 9.17) is 0 Å². The van der Waals surface area contributed by atoms with Crippen molar-refractivity contribution in [3.8, 4) is 0 Å². The van der Waals surface area contributed by atoms with Gasteiger partial charge in [-0.25, -0.2) is 0 Å². The van der Waals surface area contributed by atoms with Crippen molar-refractivity contribution >= 4 is 17.3 Å². The maximum Gasteiger partial charge on any atom is 0.306 e. The van der Waals surface area contributed by atoms with Gasteiger partial charge in [0.15, 0.2) is 0 Å². The Kier molecular flexibility index (Phi) is 2.84. The SMILES string of the molecule is COC(=O)CC1CNCc2sccc21. The minimum absolute atomic E-state index is 0.129. The average Bonchev–Trinajstić information content (AvgIpc) is 2.66. The lowest BCUT2D eigenvalue weighted by Gasteiger charge is -2.22. The fourth-order valence-electron chi connectivity index (χ4n) is 1.79. The van der Waals surface area contributed by atoms with Crippen LogP contribution in [0.15, 0.2) is 11.4 Å². The van der Waals surface area contributed by atoms with Crippen molar-refractivity contribution in [2.75, 3.05) is 13.7 Å². The normalized spacial score (nSPS) is 20.2. The van der Waals surface area contributed by atoms with Gasteiger partial charge < -0.3 is 10.1 Å². The molecule has 1 aromatic heterocycles. The van der Waals surface area contributed by atoms with Crippen molar-refractivity contribution < 1.29 is 9.53 Å². The third kappa shape index (κ3) is 1.81. The Hall–Kier alpha value is -0.870. The third-order valence-electron chi connectivity index (χ3n) is 2.54. The number of thiophene rings is 1. The number of ether oxygens (including phenoxy) is 1. The number of nitrogens with one attached hydrogen (secondary N) is 1. The van der Waals surface area contributed by atoms with Gasteiger partial charge in [0, 0.05) is 23.9 Å². The van der Waals surface area contributed by atoms with Crippen molar-refractivity contribution in [1.82, 2.24) is 5.32 Å². The smallest absolute Gasteiger partial charge is 0.306 e. The van der Waals surface area contributed by atoms with Crippen molar-refractivity contribution in [3.63, 3.8) is 0 Å². The van der Waals surface area contributed by atoms with E-state index in [1.165, 1.54) is 17.6 Å². The molecule has 2 heterocycles. The summed E-state index contributed by atoms with van der Waals surface area (Å²) in [5.74, 6) is 0.160. The summed E-state index contributed by atoms with van der Waals surface area (Å²) in [6.45, 7) is 1.81. The number of hydrogen-bond acceptors (Lipinski definition) is 4. The molecular formula is C10H13NO2S. The van der Waals surface area contributed by atoms with Gasteiger partial charge in [-0.1, -0.05) is 0 Å². The minimum atomic E-state index is -0.129. The van der Waals surface area contributed by atoms with Crippen molar-refractivity contribution in [2.45, 2.75) is 18.9 Å². The first-order valence-electron chi connectivity index (χ1n) is 4.65. The molecule has 2 rings (SSSR count). The van der Waals surface area contributed by atoms with Crippen LogP contribution in [0.1, 0.15) is 22.8 Å². The maximum atomic E-state index is 11.2. The molecule has 0 amide bonds. The summed E-state index contributed by atoms with van der Waals surface area (Å²) in [5.41, 5.74) is 1.32. The van der Waals surface area contributed by atoms with E-state index in [1.807, 2.05) is 0 Å². The lowest BCUT2D eigenvalue weighted by atomic mass is 9.94. The van der Waals surface area contributed by atoms with Gasteiger partial charge in [-0.2, -0.15) is 0 Å². The van der Waals surface area contributed by atoms with Crippen LogP contribution in [0.3, 0.4) is 0 Å². The van der Waals surface area contributed by atoms with Crippen LogP contribution in [-0.4, -0.2) is 19.6 Å². The molecule has 4 heteroatoms. The van der Waals surface area contributed by atoms with Gasteiger partial charge in [-0.05, 0) is 17.0 Å². The summed E-state index contributed by atoms with van der Waals surface area (Å²) in [6.07, 6.45) is 0.479. The molecule has 0 fully saturated rings. The Morgan fingerprint density at radius 1 is 1.79 bits per heavy atom. The van der Waals surface area contributed by atoms with Crippen LogP contribution in [0.4, 0.5) is 0 Å². The largest absolute Gasteiger partial charge is 0.469 e. The number of esters is 1. The maximum absolute atomic E-state index is 11.2. The molecule has 0 radical (unpaired) electrons. The minimum Gasteiger partial charge on any atom is -0.469 e. The van der Waals surface area contributed by atoms with E-state index in [9.17, 15) is 4.79 Å². The van der Waals surface area contributed by atoms with E-state index >= 15 is 0 Å². The van der Waals surface area contributed by atoms with Crippen LogP contribution in [0.2, 0.25) is 0 Å². The zero-order valence-corrected chi connectivity index (χ0v) is 8.89. The zero-order valence-electron chi connectivity index (χ0n) is 8.08. The Bertz CT molecular complexity index is 335. The third-order valence-corrected chi connectivity index (χ3v) is 3.47. The first-order chi connectivity index (χ1) is 6.81. The van der Waals surface area contributed by atoms with Crippen LogP contribution in [0.5, 0.6) is 0 Å². The van der Waals surface area contributed by atoms with Crippen LogP contribution in [0.25, 0.3) is 0 Å². The molecule has 1 atom stereocenters. The predicted octanol–water partition coefficient (Wildman–Crippen LogP) is 1.50. The number of carbonyl (C=O) groups is 1. The van der Waals surface area contributed by atoms with E-state index < -0.39 is 0 Å². The number of rotatable bonds is 2. The van der Waals surface area contributed by atoms with Gasteiger partial charge in [0.1, 0.15) is 0 Å². The monoisotopic (exact) mass is 211 g/mol. The number of hydrogen-bond donors (Lipinski definition) is 1. The van der Waals surface area contributed by atoms with Crippen molar-refractivity contribution in [2.24, 2.45) is 0 Å². The molecule has 0 aromatic carbocycles. The molecule has 0 saturated carbocycles. The van der Waals surface area contributed by atoms with Crippen LogP contribution in [-0.2, 0) is 16.1 Å². The lowest BCUT2D eigenvalue weighted by molar-refractivity contribution is -0.141. The molecule has 1 aliphatic heterocycles. The summed E-state index contributed by atoms with van der Waals surface area (Å²) < 4.78 is 4.68. The predicted molar refractivity (Wildman–Crippen MR) is 55.4 cm³/mol. The van der Waals surface area contributed by atoms with Gasteiger partial charge in [-0.15, -0.1) is 11.3 Å². The number of fused-ring (bicyclic) bond motifs is 1. The summed E-state index contributed by atoms with van der Waals surface area (Å²) in [7, 11) is 1.44. The molecule has 0 spiro atoms. The highest BCUT2D eigenvalue weighted by molar-refractivity contribution is 7.10. The second-order valence-corrected chi connectivity index (χ2v) is 4.41. The molecule has 1 N–H and O–H groups in total. The molecule has 1 unspecified atom stereocenters. The van der Waals surface area contributed by atoms with E-state index in [2.05, 4.69) is 21.5 Å². The molecule has 1 aromatic rings. The van der Waals surface area contributed by atoms with E-state index in [0.717, 1.165) is 13.1 Å².